The highest BCUT2D eigenvalue weighted by molar-refractivity contribution is 8.00. The van der Waals surface area contributed by atoms with Crippen LogP contribution in [0.3, 0.4) is 0 Å². The lowest BCUT2D eigenvalue weighted by Crippen LogP contribution is -2.26. The molecule has 2 aromatic rings. The van der Waals surface area contributed by atoms with Gasteiger partial charge in [-0.15, -0.1) is 11.8 Å². The molecule has 1 amide bonds. The molecule has 0 radical (unpaired) electrons. The van der Waals surface area contributed by atoms with Gasteiger partial charge in [-0.1, -0.05) is 54.1 Å². The summed E-state index contributed by atoms with van der Waals surface area (Å²) in [5, 5.41) is 3.63. The lowest BCUT2D eigenvalue weighted by molar-refractivity contribution is -0.118. The van der Waals surface area contributed by atoms with E-state index in [1.54, 1.807) is 0 Å². The van der Waals surface area contributed by atoms with Gasteiger partial charge in [0.25, 0.3) is 0 Å². The maximum absolute atomic E-state index is 11.8. The van der Waals surface area contributed by atoms with Gasteiger partial charge >= 0.3 is 0 Å². The van der Waals surface area contributed by atoms with Crippen molar-refractivity contribution in [3.63, 3.8) is 0 Å². The van der Waals surface area contributed by atoms with Crippen LogP contribution in [0.25, 0.3) is 0 Å². The summed E-state index contributed by atoms with van der Waals surface area (Å²) in [4.78, 5) is 12.7. The van der Waals surface area contributed by atoms with E-state index in [1.807, 2.05) is 42.5 Å². The Balaban J connectivity index is 1.63. The predicted molar refractivity (Wildman–Crippen MR) is 89.9 cm³/mol. The fraction of sp³-hybridized carbons (Fsp3) is 0.235. The molecule has 0 atom stereocenters. The molecule has 21 heavy (non-hydrogen) atoms. The Morgan fingerprint density at radius 1 is 1.05 bits per heavy atom. The summed E-state index contributed by atoms with van der Waals surface area (Å²) in [6.45, 7) is 0.705. The van der Waals surface area contributed by atoms with E-state index in [0.717, 1.165) is 17.7 Å². The number of hydrogen-bond acceptors (Lipinski definition) is 2. The molecule has 2 nitrogen and oxygen atoms in total. The second-order valence-electron chi connectivity index (χ2n) is 4.66. The van der Waals surface area contributed by atoms with Gasteiger partial charge < -0.3 is 5.32 Å². The summed E-state index contributed by atoms with van der Waals surface area (Å²) in [6.07, 6.45) is 1.94. The van der Waals surface area contributed by atoms with Crippen molar-refractivity contribution in [1.29, 1.82) is 0 Å². The summed E-state index contributed by atoms with van der Waals surface area (Å²) in [7, 11) is 0. The van der Waals surface area contributed by atoms with Crippen LogP contribution < -0.4 is 5.32 Å². The van der Waals surface area contributed by atoms with Gasteiger partial charge in [-0.3, -0.25) is 4.79 Å². The maximum atomic E-state index is 11.8. The van der Waals surface area contributed by atoms with Gasteiger partial charge in [-0.25, -0.2) is 0 Å². The lowest BCUT2D eigenvalue weighted by atomic mass is 10.1. The minimum absolute atomic E-state index is 0.0491. The molecule has 0 spiro atoms. The molecule has 0 fully saturated rings. The average molecular weight is 320 g/mol. The third kappa shape index (κ3) is 5.82. The molecule has 110 valence electrons. The SMILES string of the molecule is O=C(CSc1ccccc1Cl)NCCCc1ccccc1. The van der Waals surface area contributed by atoms with E-state index in [9.17, 15) is 4.79 Å². The van der Waals surface area contributed by atoms with Gasteiger partial charge in [-0.05, 0) is 30.5 Å². The number of halogens is 1. The predicted octanol–water partition coefficient (Wildman–Crippen LogP) is 4.18. The molecular weight excluding hydrogens is 302 g/mol. The van der Waals surface area contributed by atoms with E-state index < -0.39 is 0 Å². The Bertz CT molecular complexity index is 574. The van der Waals surface area contributed by atoms with Crippen LogP contribution in [0.4, 0.5) is 0 Å². The van der Waals surface area contributed by atoms with Crippen LogP contribution in [0.1, 0.15) is 12.0 Å². The Labute approximate surface area is 134 Å². The molecule has 0 aromatic heterocycles. The molecule has 0 aliphatic rings. The van der Waals surface area contributed by atoms with Crippen molar-refractivity contribution < 1.29 is 4.79 Å². The number of hydrogen-bond donors (Lipinski definition) is 1. The highest BCUT2D eigenvalue weighted by atomic mass is 35.5. The Morgan fingerprint density at radius 2 is 1.76 bits per heavy atom. The summed E-state index contributed by atoms with van der Waals surface area (Å²) < 4.78 is 0. The summed E-state index contributed by atoms with van der Waals surface area (Å²) in [5.41, 5.74) is 1.30. The number of carbonyl (C=O) groups excluding carboxylic acids is 1. The van der Waals surface area contributed by atoms with Crippen molar-refractivity contribution in [1.82, 2.24) is 5.32 Å². The Hall–Kier alpha value is -1.45. The van der Waals surface area contributed by atoms with Gasteiger partial charge in [0.2, 0.25) is 5.91 Å². The first-order valence-corrected chi connectivity index (χ1v) is 8.30. The number of nitrogens with one attached hydrogen (secondary N) is 1. The topological polar surface area (TPSA) is 29.1 Å². The van der Waals surface area contributed by atoms with E-state index in [-0.39, 0.29) is 5.91 Å². The largest absolute Gasteiger partial charge is 0.355 e. The first kappa shape index (κ1) is 15.9. The standard InChI is InChI=1S/C17H18ClNOS/c18-15-10-4-5-11-16(15)21-13-17(20)19-12-6-9-14-7-2-1-3-8-14/h1-5,7-8,10-11H,6,9,12-13H2,(H,19,20). The Morgan fingerprint density at radius 3 is 2.52 bits per heavy atom. The van der Waals surface area contributed by atoms with E-state index >= 15 is 0 Å². The molecule has 0 saturated carbocycles. The maximum Gasteiger partial charge on any atom is 0.230 e. The van der Waals surface area contributed by atoms with Crippen LogP contribution in [-0.2, 0) is 11.2 Å². The first-order valence-electron chi connectivity index (χ1n) is 6.93. The molecule has 0 unspecified atom stereocenters. The molecule has 0 aliphatic heterocycles. The van der Waals surface area contributed by atoms with Gasteiger partial charge in [0.05, 0.1) is 10.8 Å². The van der Waals surface area contributed by atoms with Gasteiger partial charge in [0, 0.05) is 11.4 Å². The van der Waals surface area contributed by atoms with Gasteiger partial charge in [0.15, 0.2) is 0 Å². The normalized spacial score (nSPS) is 10.3. The first-order chi connectivity index (χ1) is 10.3. The van der Waals surface area contributed by atoms with E-state index in [4.69, 9.17) is 11.6 Å². The Kier molecular flexibility index (Phi) is 6.64. The molecule has 4 heteroatoms. The number of benzene rings is 2. The summed E-state index contributed by atoms with van der Waals surface area (Å²) >= 11 is 7.52. The van der Waals surface area contributed by atoms with Crippen LogP contribution >= 0.6 is 23.4 Å². The average Bonchev–Trinajstić information content (AvgIpc) is 2.52. The zero-order chi connectivity index (χ0) is 14.9. The van der Waals surface area contributed by atoms with Crippen molar-refractivity contribution in [3.8, 4) is 0 Å². The van der Waals surface area contributed by atoms with Crippen LogP contribution in [0, 0.1) is 0 Å². The highest BCUT2D eigenvalue weighted by Crippen LogP contribution is 2.26. The monoisotopic (exact) mass is 319 g/mol. The van der Waals surface area contributed by atoms with Gasteiger partial charge in [0.1, 0.15) is 0 Å². The third-order valence-electron chi connectivity index (χ3n) is 3.00. The second-order valence-corrected chi connectivity index (χ2v) is 6.08. The zero-order valence-corrected chi connectivity index (χ0v) is 13.3. The minimum Gasteiger partial charge on any atom is -0.355 e. The zero-order valence-electron chi connectivity index (χ0n) is 11.7. The van der Waals surface area contributed by atoms with Crippen LogP contribution in [0.5, 0.6) is 0 Å². The number of thioether (sulfide) groups is 1. The van der Waals surface area contributed by atoms with Crippen molar-refractivity contribution in [2.45, 2.75) is 17.7 Å². The molecule has 0 bridgehead atoms. The quantitative estimate of drug-likeness (QED) is 0.612. The van der Waals surface area contributed by atoms with Gasteiger partial charge in [-0.2, -0.15) is 0 Å². The van der Waals surface area contributed by atoms with Crippen LogP contribution in [0.2, 0.25) is 5.02 Å². The van der Waals surface area contributed by atoms with Crippen LogP contribution in [0.15, 0.2) is 59.5 Å². The fourth-order valence-corrected chi connectivity index (χ4v) is 2.99. The van der Waals surface area contributed by atoms with Crippen molar-refractivity contribution in [2.75, 3.05) is 12.3 Å². The summed E-state index contributed by atoms with van der Waals surface area (Å²) in [5.74, 6) is 0.447. The number of amides is 1. The number of aryl methyl sites for hydroxylation is 1. The van der Waals surface area contributed by atoms with E-state index in [0.29, 0.717) is 17.3 Å². The van der Waals surface area contributed by atoms with Crippen molar-refractivity contribution in [3.05, 3.63) is 65.2 Å². The third-order valence-corrected chi connectivity index (χ3v) is 4.52. The van der Waals surface area contributed by atoms with Crippen molar-refractivity contribution in [2.24, 2.45) is 0 Å². The molecular formula is C17H18ClNOS. The second kappa shape index (κ2) is 8.75. The number of rotatable bonds is 7. The highest BCUT2D eigenvalue weighted by Gasteiger charge is 2.04. The van der Waals surface area contributed by atoms with Crippen molar-refractivity contribution >= 4 is 29.3 Å². The molecule has 2 rings (SSSR count). The molecule has 0 aliphatic carbocycles. The fourth-order valence-electron chi connectivity index (χ4n) is 1.92. The molecule has 1 N–H and O–H groups in total. The molecule has 0 heterocycles. The van der Waals surface area contributed by atoms with E-state index in [2.05, 4.69) is 17.4 Å². The molecule has 0 saturated heterocycles. The summed E-state index contributed by atoms with van der Waals surface area (Å²) in [6, 6.07) is 17.9. The smallest absolute Gasteiger partial charge is 0.230 e. The molecule has 2 aromatic carbocycles. The van der Waals surface area contributed by atoms with E-state index in [1.165, 1.54) is 17.3 Å². The number of carbonyl (C=O) groups is 1. The van der Waals surface area contributed by atoms with Crippen LogP contribution in [-0.4, -0.2) is 18.2 Å². The minimum atomic E-state index is 0.0491. The lowest BCUT2D eigenvalue weighted by Gasteiger charge is -2.06.